The van der Waals surface area contributed by atoms with E-state index in [0.717, 1.165) is 41.5 Å². The van der Waals surface area contributed by atoms with Crippen molar-refractivity contribution in [2.24, 2.45) is 0 Å². The molecule has 104 valence electrons. The highest BCUT2D eigenvalue weighted by Gasteiger charge is 2.27. The molecule has 0 saturated heterocycles. The zero-order chi connectivity index (χ0) is 14.1. The van der Waals surface area contributed by atoms with Crippen LogP contribution in [0.3, 0.4) is 0 Å². The Morgan fingerprint density at radius 3 is 2.50 bits per heavy atom. The van der Waals surface area contributed by atoms with Crippen molar-refractivity contribution in [2.45, 2.75) is 25.7 Å². The molecule has 1 fully saturated rings. The third-order valence-electron chi connectivity index (χ3n) is 3.50. The number of nitrogens with one attached hydrogen (secondary N) is 1. The molecular weight excluding hydrogens is 252 g/mol. The summed E-state index contributed by atoms with van der Waals surface area (Å²) >= 11 is 0. The Kier molecular flexibility index (Phi) is 3.18. The summed E-state index contributed by atoms with van der Waals surface area (Å²) in [6.07, 6.45) is 2.31. The minimum Gasteiger partial charge on any atom is -0.497 e. The second-order valence-corrected chi connectivity index (χ2v) is 5.07. The van der Waals surface area contributed by atoms with Crippen LogP contribution in [0.2, 0.25) is 0 Å². The van der Waals surface area contributed by atoms with Crippen molar-refractivity contribution < 1.29 is 4.74 Å². The van der Waals surface area contributed by atoms with Gasteiger partial charge in [-0.2, -0.15) is 0 Å². The van der Waals surface area contributed by atoms with Gasteiger partial charge in [-0.05, 0) is 44.0 Å². The minimum absolute atomic E-state index is 0.481. The zero-order valence-corrected chi connectivity index (χ0v) is 11.7. The summed E-state index contributed by atoms with van der Waals surface area (Å²) in [5.41, 5.74) is 7.81. The number of hydrogen-bond acceptors (Lipinski definition) is 5. The van der Waals surface area contributed by atoms with Gasteiger partial charge >= 0.3 is 0 Å². The van der Waals surface area contributed by atoms with Crippen LogP contribution in [0.1, 0.15) is 30.1 Å². The Hall–Kier alpha value is -2.30. The molecule has 0 aliphatic heterocycles. The van der Waals surface area contributed by atoms with Gasteiger partial charge in [-0.15, -0.1) is 0 Å². The van der Waals surface area contributed by atoms with Crippen LogP contribution in [0.5, 0.6) is 5.75 Å². The molecule has 1 heterocycles. The smallest absolute Gasteiger partial charge is 0.139 e. The van der Waals surface area contributed by atoms with E-state index in [0.29, 0.717) is 11.7 Å². The van der Waals surface area contributed by atoms with Gasteiger partial charge in [0, 0.05) is 17.2 Å². The fourth-order valence-electron chi connectivity index (χ4n) is 2.01. The second kappa shape index (κ2) is 5.00. The first-order chi connectivity index (χ1) is 9.67. The van der Waals surface area contributed by atoms with E-state index < -0.39 is 0 Å². The van der Waals surface area contributed by atoms with Gasteiger partial charge in [0.2, 0.25) is 0 Å². The van der Waals surface area contributed by atoms with Crippen molar-refractivity contribution >= 4 is 17.3 Å². The van der Waals surface area contributed by atoms with E-state index in [1.54, 1.807) is 7.11 Å². The predicted octanol–water partition coefficient (Wildman–Crippen LogP) is 3.00. The van der Waals surface area contributed by atoms with Crippen LogP contribution in [0.25, 0.3) is 0 Å². The number of ether oxygens (including phenoxy) is 1. The van der Waals surface area contributed by atoms with E-state index in [9.17, 15) is 0 Å². The monoisotopic (exact) mass is 270 g/mol. The second-order valence-electron chi connectivity index (χ2n) is 5.07. The Labute approximate surface area is 118 Å². The molecule has 0 amide bonds. The average Bonchev–Trinajstić information content (AvgIpc) is 3.29. The van der Waals surface area contributed by atoms with E-state index in [4.69, 9.17) is 10.5 Å². The number of nitrogens with two attached hydrogens (primary N) is 1. The summed E-state index contributed by atoms with van der Waals surface area (Å²) in [6.45, 7) is 1.93. The average molecular weight is 270 g/mol. The largest absolute Gasteiger partial charge is 0.497 e. The summed E-state index contributed by atoms with van der Waals surface area (Å²) < 4.78 is 5.15. The highest BCUT2D eigenvalue weighted by molar-refractivity contribution is 5.64. The Morgan fingerprint density at radius 1 is 1.20 bits per heavy atom. The number of anilines is 3. The molecule has 0 unspecified atom stereocenters. The van der Waals surface area contributed by atoms with E-state index in [1.807, 2.05) is 31.2 Å². The molecule has 0 spiro atoms. The molecule has 20 heavy (non-hydrogen) atoms. The lowest BCUT2D eigenvalue weighted by Crippen LogP contribution is -2.06. The molecule has 0 bridgehead atoms. The summed E-state index contributed by atoms with van der Waals surface area (Å²) in [5.74, 6) is 3.49. The first-order valence-corrected chi connectivity index (χ1v) is 6.72. The van der Waals surface area contributed by atoms with Crippen molar-refractivity contribution in [1.29, 1.82) is 0 Å². The number of benzene rings is 1. The fourth-order valence-corrected chi connectivity index (χ4v) is 2.01. The maximum absolute atomic E-state index is 5.98. The van der Waals surface area contributed by atoms with E-state index in [2.05, 4.69) is 15.3 Å². The lowest BCUT2D eigenvalue weighted by Gasteiger charge is -2.12. The van der Waals surface area contributed by atoms with Crippen LogP contribution in [0.15, 0.2) is 24.3 Å². The van der Waals surface area contributed by atoms with Gasteiger partial charge < -0.3 is 15.8 Å². The van der Waals surface area contributed by atoms with Crippen molar-refractivity contribution in [3.8, 4) is 5.75 Å². The third kappa shape index (κ3) is 2.52. The number of methoxy groups -OCH3 is 1. The molecular formula is C15H18N4O. The first-order valence-electron chi connectivity index (χ1n) is 6.72. The molecule has 1 aromatic carbocycles. The standard InChI is InChI=1S/C15H18N4O/c1-9-13(16)18-15(10-3-4-10)19-14(9)17-11-5-7-12(20-2)8-6-11/h5-8,10H,3-4H2,1-2H3,(H3,16,17,18,19). The van der Waals surface area contributed by atoms with Gasteiger partial charge in [-0.3, -0.25) is 0 Å². The Balaban J connectivity index is 1.88. The molecule has 1 aromatic heterocycles. The lowest BCUT2D eigenvalue weighted by atomic mass is 10.2. The van der Waals surface area contributed by atoms with Gasteiger partial charge in [0.05, 0.1) is 7.11 Å². The van der Waals surface area contributed by atoms with Crippen LogP contribution in [0.4, 0.5) is 17.3 Å². The van der Waals surface area contributed by atoms with Gasteiger partial charge in [0.1, 0.15) is 23.2 Å². The van der Waals surface area contributed by atoms with Crippen molar-refractivity contribution in [2.75, 3.05) is 18.2 Å². The van der Waals surface area contributed by atoms with Crippen molar-refractivity contribution in [3.05, 3.63) is 35.7 Å². The fraction of sp³-hybridized carbons (Fsp3) is 0.333. The van der Waals surface area contributed by atoms with Crippen LogP contribution in [0, 0.1) is 6.92 Å². The maximum Gasteiger partial charge on any atom is 0.139 e. The molecule has 1 aliphatic carbocycles. The molecule has 3 rings (SSSR count). The topological polar surface area (TPSA) is 73.1 Å². The molecule has 0 radical (unpaired) electrons. The highest BCUT2D eigenvalue weighted by Crippen LogP contribution is 2.39. The Morgan fingerprint density at radius 2 is 1.90 bits per heavy atom. The van der Waals surface area contributed by atoms with E-state index >= 15 is 0 Å². The van der Waals surface area contributed by atoms with Crippen molar-refractivity contribution in [3.63, 3.8) is 0 Å². The molecule has 1 aliphatic rings. The van der Waals surface area contributed by atoms with Crippen LogP contribution in [-0.2, 0) is 0 Å². The van der Waals surface area contributed by atoms with E-state index in [-0.39, 0.29) is 0 Å². The minimum atomic E-state index is 0.481. The van der Waals surface area contributed by atoms with Gasteiger partial charge in [0.15, 0.2) is 0 Å². The first kappa shape index (κ1) is 12.7. The number of nitrogen functional groups attached to an aromatic ring is 1. The van der Waals surface area contributed by atoms with Crippen LogP contribution < -0.4 is 15.8 Å². The maximum atomic E-state index is 5.98. The lowest BCUT2D eigenvalue weighted by molar-refractivity contribution is 0.415. The molecule has 3 N–H and O–H groups in total. The summed E-state index contributed by atoms with van der Waals surface area (Å²) in [4.78, 5) is 8.97. The quantitative estimate of drug-likeness (QED) is 0.893. The van der Waals surface area contributed by atoms with Gasteiger partial charge in [-0.25, -0.2) is 9.97 Å². The number of hydrogen-bond donors (Lipinski definition) is 2. The summed E-state index contributed by atoms with van der Waals surface area (Å²) in [6, 6.07) is 7.72. The number of aromatic nitrogens is 2. The number of rotatable bonds is 4. The molecule has 5 heteroatoms. The molecule has 2 aromatic rings. The normalized spacial score (nSPS) is 14.1. The summed E-state index contributed by atoms with van der Waals surface area (Å²) in [5, 5.41) is 3.30. The van der Waals surface area contributed by atoms with Crippen LogP contribution in [-0.4, -0.2) is 17.1 Å². The van der Waals surface area contributed by atoms with E-state index in [1.165, 1.54) is 0 Å². The molecule has 1 saturated carbocycles. The van der Waals surface area contributed by atoms with Gasteiger partial charge in [-0.1, -0.05) is 0 Å². The van der Waals surface area contributed by atoms with Gasteiger partial charge in [0.25, 0.3) is 0 Å². The number of nitrogens with zero attached hydrogens (tertiary/aromatic N) is 2. The highest BCUT2D eigenvalue weighted by atomic mass is 16.5. The molecule has 0 atom stereocenters. The van der Waals surface area contributed by atoms with Crippen LogP contribution >= 0.6 is 0 Å². The zero-order valence-electron chi connectivity index (χ0n) is 11.7. The Bertz CT molecular complexity index is 621. The third-order valence-corrected chi connectivity index (χ3v) is 3.50. The summed E-state index contributed by atoms with van der Waals surface area (Å²) in [7, 11) is 1.65. The molecule has 5 nitrogen and oxygen atoms in total. The predicted molar refractivity (Wildman–Crippen MR) is 79.4 cm³/mol. The SMILES string of the molecule is COc1ccc(Nc2nc(C3CC3)nc(N)c2C)cc1. The van der Waals surface area contributed by atoms with Crippen molar-refractivity contribution in [1.82, 2.24) is 9.97 Å².